The molecule has 0 saturated carbocycles. The Hall–Kier alpha value is -3.64. The van der Waals surface area contributed by atoms with Crippen molar-refractivity contribution in [3.63, 3.8) is 0 Å². The number of alkyl halides is 3. The van der Waals surface area contributed by atoms with E-state index in [1.54, 1.807) is 32.3 Å². The second-order valence-corrected chi connectivity index (χ2v) is 7.98. The number of halogens is 5. The quantitative estimate of drug-likeness (QED) is 0.455. The van der Waals surface area contributed by atoms with E-state index in [2.05, 4.69) is 20.0 Å². The first-order valence-corrected chi connectivity index (χ1v) is 10.2. The molecule has 8 nitrogen and oxygen atoms in total. The number of benzene rings is 2. The molecule has 13 heteroatoms. The lowest BCUT2D eigenvalue weighted by molar-refractivity contribution is -0.274. The van der Waals surface area contributed by atoms with Gasteiger partial charge in [-0.25, -0.2) is 14.4 Å². The monoisotopic (exact) mass is 513 g/mol. The third-order valence-corrected chi connectivity index (χ3v) is 5.18. The minimum Gasteiger partial charge on any atom is -0.480 e. The van der Waals surface area contributed by atoms with E-state index < -0.39 is 24.0 Å². The summed E-state index contributed by atoms with van der Waals surface area (Å²) in [4.78, 5) is 21.7. The minimum atomic E-state index is -4.91. The van der Waals surface area contributed by atoms with Crippen LogP contribution in [0.3, 0.4) is 0 Å². The van der Waals surface area contributed by atoms with Crippen molar-refractivity contribution in [3.05, 3.63) is 59.0 Å². The number of ether oxygens (including phenoxy) is 2. The van der Waals surface area contributed by atoms with Crippen LogP contribution in [0.15, 0.2) is 42.6 Å². The number of carbonyl (C=O) groups is 1. The van der Waals surface area contributed by atoms with Crippen LogP contribution in [-0.4, -0.2) is 47.3 Å². The first kappa shape index (κ1) is 26.0. The van der Waals surface area contributed by atoms with Crippen LogP contribution in [-0.2, 0) is 11.2 Å². The van der Waals surface area contributed by atoms with Crippen LogP contribution in [0.4, 0.5) is 29.2 Å². The summed E-state index contributed by atoms with van der Waals surface area (Å²) in [7, 11) is 3.30. The second kappa shape index (κ2) is 9.92. The molecule has 1 amide bonds. The summed E-state index contributed by atoms with van der Waals surface area (Å²) < 4.78 is 61.3. The Morgan fingerprint density at radius 1 is 1.23 bits per heavy atom. The number of likely N-dealkylation sites (N-methyl/N-ethyl adjacent to an activating group) is 1. The van der Waals surface area contributed by atoms with Crippen molar-refractivity contribution >= 4 is 29.1 Å². The largest absolute Gasteiger partial charge is 0.573 e. The molecule has 35 heavy (non-hydrogen) atoms. The fourth-order valence-corrected chi connectivity index (χ4v) is 3.59. The van der Waals surface area contributed by atoms with Crippen molar-refractivity contribution < 1.29 is 31.8 Å². The van der Waals surface area contributed by atoms with Crippen molar-refractivity contribution in [1.82, 2.24) is 21.0 Å². The van der Waals surface area contributed by atoms with Crippen molar-refractivity contribution in [3.8, 4) is 22.8 Å². The van der Waals surface area contributed by atoms with Gasteiger partial charge >= 0.3 is 6.36 Å². The number of fused-ring (bicyclic) bond motifs is 1. The first-order chi connectivity index (χ1) is 16.0. The van der Waals surface area contributed by atoms with E-state index in [9.17, 15) is 22.4 Å². The number of hydrogen-bond acceptors (Lipinski definition) is 7. The summed E-state index contributed by atoms with van der Waals surface area (Å²) in [5.74, 6) is -0.927. The standard InChI is InChI=1S/C22H17ClF4N4O3.H3N/c1-31(2)20(32)18-9-12-7-13(4-6-16(12)33-18)29-21-28-10-15(24)19(30-21)11-3-5-17(14(23)8-11)34-22(25,26)27;/h3-8,10,18H,9H2,1-2H3,(H,28,29,30);1H3. The smallest absolute Gasteiger partial charge is 0.480 e. The topological polar surface area (TPSA) is 112 Å². The van der Waals surface area contributed by atoms with Crippen molar-refractivity contribution in [1.29, 1.82) is 0 Å². The summed E-state index contributed by atoms with van der Waals surface area (Å²) in [6.45, 7) is 0. The number of hydrogen-bond donors (Lipinski definition) is 2. The van der Waals surface area contributed by atoms with Gasteiger partial charge in [-0.2, -0.15) is 0 Å². The van der Waals surface area contributed by atoms with Crippen LogP contribution >= 0.6 is 11.6 Å². The van der Waals surface area contributed by atoms with E-state index in [1.807, 2.05) is 0 Å². The molecule has 2 heterocycles. The zero-order chi connectivity index (χ0) is 24.6. The van der Waals surface area contributed by atoms with Crippen LogP contribution in [0.2, 0.25) is 5.02 Å². The average Bonchev–Trinajstić information content (AvgIpc) is 3.18. The number of rotatable bonds is 5. The van der Waals surface area contributed by atoms with Gasteiger partial charge in [0, 0.05) is 37.3 Å². The van der Waals surface area contributed by atoms with E-state index >= 15 is 0 Å². The number of anilines is 2. The molecule has 1 aliphatic rings. The van der Waals surface area contributed by atoms with Gasteiger partial charge in [-0.1, -0.05) is 11.6 Å². The highest BCUT2D eigenvalue weighted by atomic mass is 35.5. The average molecular weight is 514 g/mol. The number of amides is 1. The molecule has 0 fully saturated rings. The van der Waals surface area contributed by atoms with Crippen molar-refractivity contribution in [2.24, 2.45) is 0 Å². The molecule has 0 bridgehead atoms. The molecule has 4 N–H and O–H groups in total. The Morgan fingerprint density at radius 3 is 2.63 bits per heavy atom. The molecule has 1 unspecified atom stereocenters. The maximum Gasteiger partial charge on any atom is 0.573 e. The zero-order valence-electron chi connectivity index (χ0n) is 18.5. The van der Waals surface area contributed by atoms with Crippen LogP contribution in [0.25, 0.3) is 11.3 Å². The molecule has 1 aliphatic heterocycles. The lowest BCUT2D eigenvalue weighted by Gasteiger charge is -2.15. The van der Waals surface area contributed by atoms with Gasteiger partial charge in [0.1, 0.15) is 17.2 Å². The summed E-state index contributed by atoms with van der Waals surface area (Å²) in [5, 5.41) is 2.59. The predicted octanol–water partition coefficient (Wildman–Crippen LogP) is 5.13. The highest BCUT2D eigenvalue weighted by molar-refractivity contribution is 6.32. The molecule has 3 aromatic rings. The molecule has 1 aromatic heterocycles. The SMILES string of the molecule is CN(C)C(=O)C1Cc2cc(Nc3ncc(F)c(-c4ccc(OC(F)(F)F)c(Cl)c4)n3)ccc2O1.N. The molecular formula is C22H20ClF4N5O3. The number of nitrogens with one attached hydrogen (secondary N) is 1. The molecular weight excluding hydrogens is 494 g/mol. The highest BCUT2D eigenvalue weighted by Gasteiger charge is 2.32. The van der Waals surface area contributed by atoms with Gasteiger partial charge in [-0.05, 0) is 36.4 Å². The maximum atomic E-state index is 14.4. The Kier molecular flexibility index (Phi) is 7.36. The fourth-order valence-electron chi connectivity index (χ4n) is 3.37. The van der Waals surface area contributed by atoms with Crippen LogP contribution < -0.4 is 20.9 Å². The molecule has 186 valence electrons. The number of aromatic nitrogens is 2. The van der Waals surface area contributed by atoms with E-state index in [0.29, 0.717) is 17.9 Å². The van der Waals surface area contributed by atoms with E-state index in [0.717, 1.165) is 23.9 Å². The maximum absolute atomic E-state index is 14.4. The molecule has 0 saturated heterocycles. The van der Waals surface area contributed by atoms with Gasteiger partial charge in [-0.15, -0.1) is 13.2 Å². The van der Waals surface area contributed by atoms with Crippen LogP contribution in [0.5, 0.6) is 11.5 Å². The molecule has 4 rings (SSSR count). The Morgan fingerprint density at radius 2 is 1.97 bits per heavy atom. The van der Waals surface area contributed by atoms with E-state index in [-0.39, 0.29) is 34.3 Å². The van der Waals surface area contributed by atoms with Crippen LogP contribution in [0, 0.1) is 5.82 Å². The lowest BCUT2D eigenvalue weighted by atomic mass is 10.1. The first-order valence-electron chi connectivity index (χ1n) is 9.86. The molecule has 1 atom stereocenters. The highest BCUT2D eigenvalue weighted by Crippen LogP contribution is 2.35. The summed E-state index contributed by atoms with van der Waals surface area (Å²) >= 11 is 5.87. The second-order valence-electron chi connectivity index (χ2n) is 7.57. The van der Waals surface area contributed by atoms with Crippen molar-refractivity contribution in [2.75, 3.05) is 19.4 Å². The summed E-state index contributed by atoms with van der Waals surface area (Å²) in [6.07, 6.45) is -4.20. The minimum absolute atomic E-state index is 0. The van der Waals surface area contributed by atoms with Gasteiger partial charge < -0.3 is 25.8 Å². The molecule has 2 aromatic carbocycles. The third-order valence-electron chi connectivity index (χ3n) is 4.88. The van der Waals surface area contributed by atoms with Crippen LogP contribution in [0.1, 0.15) is 5.56 Å². The number of nitrogens with zero attached hydrogens (tertiary/aromatic N) is 3. The van der Waals surface area contributed by atoms with Gasteiger partial charge in [0.2, 0.25) is 5.95 Å². The molecule has 0 spiro atoms. The third kappa shape index (κ3) is 5.89. The van der Waals surface area contributed by atoms with E-state index in [4.69, 9.17) is 16.3 Å². The van der Waals surface area contributed by atoms with Crippen molar-refractivity contribution in [2.45, 2.75) is 18.9 Å². The fraction of sp³-hybridized carbons (Fsp3) is 0.227. The Labute approximate surface area is 202 Å². The van der Waals surface area contributed by atoms with E-state index in [1.165, 1.54) is 11.0 Å². The molecule has 0 aliphatic carbocycles. The van der Waals surface area contributed by atoms with Gasteiger partial charge in [0.25, 0.3) is 5.91 Å². The van der Waals surface area contributed by atoms with Gasteiger partial charge in [0.05, 0.1) is 11.2 Å². The number of carbonyl (C=O) groups excluding carboxylic acids is 1. The summed E-state index contributed by atoms with van der Waals surface area (Å²) in [5.41, 5.74) is 1.35. The molecule has 0 radical (unpaired) electrons. The Bertz CT molecular complexity index is 1260. The Balaban J connectivity index is 0.00000342. The predicted molar refractivity (Wildman–Crippen MR) is 121 cm³/mol. The lowest BCUT2D eigenvalue weighted by Crippen LogP contribution is -2.36. The summed E-state index contributed by atoms with van der Waals surface area (Å²) in [6, 6.07) is 8.46. The van der Waals surface area contributed by atoms with Gasteiger partial charge in [0.15, 0.2) is 11.9 Å². The zero-order valence-corrected chi connectivity index (χ0v) is 19.2. The van der Waals surface area contributed by atoms with Gasteiger partial charge in [-0.3, -0.25) is 4.79 Å². The normalized spacial score (nSPS) is 14.4.